The second kappa shape index (κ2) is 6.75. The van der Waals surface area contributed by atoms with Crippen molar-refractivity contribution in [2.75, 3.05) is 5.32 Å². The summed E-state index contributed by atoms with van der Waals surface area (Å²) in [6.45, 7) is 1.89. The molecule has 2 N–H and O–H groups in total. The SMILES string of the molecule is CC(CCc1ccco1)NC(=O)Nc1ccccc1F. The van der Waals surface area contributed by atoms with Crippen LogP contribution in [-0.4, -0.2) is 12.1 Å². The molecule has 0 aliphatic carbocycles. The van der Waals surface area contributed by atoms with Crippen molar-refractivity contribution in [3.8, 4) is 0 Å². The summed E-state index contributed by atoms with van der Waals surface area (Å²) in [5.74, 6) is 0.430. The molecular weight excluding hydrogens is 259 g/mol. The van der Waals surface area contributed by atoms with Gasteiger partial charge in [0.1, 0.15) is 11.6 Å². The van der Waals surface area contributed by atoms with Gasteiger partial charge in [-0.3, -0.25) is 0 Å². The van der Waals surface area contributed by atoms with E-state index in [1.54, 1.807) is 18.4 Å². The highest BCUT2D eigenvalue weighted by Gasteiger charge is 2.10. The number of halogens is 1. The van der Waals surface area contributed by atoms with Crippen molar-refractivity contribution < 1.29 is 13.6 Å². The number of aryl methyl sites for hydroxylation is 1. The molecule has 0 radical (unpaired) electrons. The van der Waals surface area contributed by atoms with Crippen LogP contribution < -0.4 is 10.6 Å². The molecule has 5 heteroatoms. The van der Waals surface area contributed by atoms with E-state index in [2.05, 4.69) is 10.6 Å². The van der Waals surface area contributed by atoms with E-state index in [0.29, 0.717) is 0 Å². The fourth-order valence-electron chi connectivity index (χ4n) is 1.83. The number of benzene rings is 1. The molecule has 0 aliphatic heterocycles. The standard InChI is InChI=1S/C15H17FN2O2/c1-11(8-9-12-5-4-10-20-12)17-15(19)18-14-7-3-2-6-13(14)16/h2-7,10-11H,8-9H2,1H3,(H2,17,18,19). The van der Waals surface area contributed by atoms with Gasteiger partial charge in [0.2, 0.25) is 0 Å². The Kier molecular flexibility index (Phi) is 4.76. The van der Waals surface area contributed by atoms with Crippen LogP contribution in [0.15, 0.2) is 47.1 Å². The third kappa shape index (κ3) is 4.12. The highest BCUT2D eigenvalue weighted by molar-refractivity contribution is 5.89. The molecule has 106 valence electrons. The lowest BCUT2D eigenvalue weighted by molar-refractivity contribution is 0.248. The predicted octanol–water partition coefficient (Wildman–Crippen LogP) is 3.56. The number of hydrogen-bond donors (Lipinski definition) is 2. The number of amides is 2. The van der Waals surface area contributed by atoms with Crippen molar-refractivity contribution in [1.29, 1.82) is 0 Å². The van der Waals surface area contributed by atoms with Gasteiger partial charge < -0.3 is 15.1 Å². The topological polar surface area (TPSA) is 54.3 Å². The summed E-state index contributed by atoms with van der Waals surface area (Å²) in [6, 6.07) is 9.33. The number of carbonyl (C=O) groups is 1. The van der Waals surface area contributed by atoms with Gasteiger partial charge in [0.05, 0.1) is 12.0 Å². The Balaban J connectivity index is 1.78. The molecule has 0 bridgehead atoms. The zero-order chi connectivity index (χ0) is 14.4. The van der Waals surface area contributed by atoms with E-state index >= 15 is 0 Å². The lowest BCUT2D eigenvalue weighted by atomic mass is 10.1. The third-order valence-electron chi connectivity index (χ3n) is 2.90. The molecule has 2 rings (SSSR count). The monoisotopic (exact) mass is 276 g/mol. The molecule has 1 aromatic heterocycles. The first-order valence-corrected chi connectivity index (χ1v) is 6.49. The summed E-state index contributed by atoms with van der Waals surface area (Å²) >= 11 is 0. The van der Waals surface area contributed by atoms with Crippen LogP contribution >= 0.6 is 0 Å². The van der Waals surface area contributed by atoms with E-state index in [1.165, 1.54) is 12.1 Å². The van der Waals surface area contributed by atoms with Crippen LogP contribution in [0.25, 0.3) is 0 Å². The number of hydrogen-bond acceptors (Lipinski definition) is 2. The molecule has 1 aromatic carbocycles. The smallest absolute Gasteiger partial charge is 0.319 e. The van der Waals surface area contributed by atoms with Gasteiger partial charge >= 0.3 is 6.03 Å². The fraction of sp³-hybridized carbons (Fsp3) is 0.267. The summed E-state index contributed by atoms with van der Waals surface area (Å²) in [5.41, 5.74) is 0.170. The van der Waals surface area contributed by atoms with Gasteiger partial charge in [-0.15, -0.1) is 0 Å². The van der Waals surface area contributed by atoms with Gasteiger partial charge in [-0.05, 0) is 37.6 Å². The predicted molar refractivity (Wildman–Crippen MR) is 75.0 cm³/mol. The van der Waals surface area contributed by atoms with Crippen molar-refractivity contribution in [2.24, 2.45) is 0 Å². The largest absolute Gasteiger partial charge is 0.469 e. The number of para-hydroxylation sites is 1. The first-order chi connectivity index (χ1) is 9.65. The molecule has 0 spiro atoms. The maximum atomic E-state index is 13.4. The van der Waals surface area contributed by atoms with Crippen LogP contribution in [0.4, 0.5) is 14.9 Å². The van der Waals surface area contributed by atoms with Gasteiger partial charge in [-0.1, -0.05) is 12.1 Å². The summed E-state index contributed by atoms with van der Waals surface area (Å²) in [4.78, 5) is 11.7. The van der Waals surface area contributed by atoms with Crippen LogP contribution in [0, 0.1) is 5.82 Å². The van der Waals surface area contributed by atoms with Crippen LogP contribution in [0.2, 0.25) is 0 Å². The van der Waals surface area contributed by atoms with Gasteiger partial charge in [0, 0.05) is 12.5 Å². The zero-order valence-electron chi connectivity index (χ0n) is 11.2. The minimum absolute atomic E-state index is 0.0353. The number of nitrogens with one attached hydrogen (secondary N) is 2. The Hall–Kier alpha value is -2.30. The van der Waals surface area contributed by atoms with E-state index < -0.39 is 11.8 Å². The second-order valence-corrected chi connectivity index (χ2v) is 4.60. The normalized spacial score (nSPS) is 11.9. The molecule has 0 saturated carbocycles. The maximum Gasteiger partial charge on any atom is 0.319 e. The molecule has 20 heavy (non-hydrogen) atoms. The Bertz CT molecular complexity index is 555. The number of urea groups is 1. The summed E-state index contributed by atoms with van der Waals surface area (Å²) in [7, 11) is 0. The summed E-state index contributed by atoms with van der Waals surface area (Å²) in [5, 5.41) is 5.25. The van der Waals surface area contributed by atoms with Crippen molar-refractivity contribution in [3.63, 3.8) is 0 Å². The van der Waals surface area contributed by atoms with E-state index in [4.69, 9.17) is 4.42 Å². The Morgan fingerprint density at radius 1 is 1.30 bits per heavy atom. The van der Waals surface area contributed by atoms with Crippen molar-refractivity contribution >= 4 is 11.7 Å². The fourth-order valence-corrected chi connectivity index (χ4v) is 1.83. The Morgan fingerprint density at radius 3 is 2.80 bits per heavy atom. The molecule has 2 amide bonds. The Labute approximate surface area is 117 Å². The molecule has 1 unspecified atom stereocenters. The molecule has 0 aliphatic rings. The van der Waals surface area contributed by atoms with Crippen LogP contribution in [-0.2, 0) is 6.42 Å². The van der Waals surface area contributed by atoms with E-state index in [9.17, 15) is 9.18 Å². The molecule has 0 fully saturated rings. The molecule has 4 nitrogen and oxygen atoms in total. The minimum atomic E-state index is -0.453. The zero-order valence-corrected chi connectivity index (χ0v) is 11.2. The molecule has 2 aromatic rings. The quantitative estimate of drug-likeness (QED) is 0.877. The van der Waals surface area contributed by atoms with E-state index in [-0.39, 0.29) is 11.7 Å². The van der Waals surface area contributed by atoms with Gasteiger partial charge in [0.25, 0.3) is 0 Å². The number of carbonyl (C=O) groups excluding carboxylic acids is 1. The van der Waals surface area contributed by atoms with Crippen LogP contribution in [0.3, 0.4) is 0 Å². The first kappa shape index (κ1) is 14.1. The average Bonchev–Trinajstić information content (AvgIpc) is 2.92. The third-order valence-corrected chi connectivity index (χ3v) is 2.90. The minimum Gasteiger partial charge on any atom is -0.469 e. The van der Waals surface area contributed by atoms with Crippen molar-refractivity contribution in [2.45, 2.75) is 25.8 Å². The lowest BCUT2D eigenvalue weighted by Gasteiger charge is -2.14. The highest BCUT2D eigenvalue weighted by Crippen LogP contribution is 2.12. The molecular formula is C15H17FN2O2. The molecule has 1 atom stereocenters. The lowest BCUT2D eigenvalue weighted by Crippen LogP contribution is -2.36. The summed E-state index contributed by atoms with van der Waals surface area (Å²) in [6.07, 6.45) is 3.12. The van der Waals surface area contributed by atoms with Gasteiger partial charge in [-0.25, -0.2) is 9.18 Å². The first-order valence-electron chi connectivity index (χ1n) is 6.49. The van der Waals surface area contributed by atoms with Gasteiger partial charge in [-0.2, -0.15) is 0 Å². The Morgan fingerprint density at radius 2 is 2.10 bits per heavy atom. The number of furan rings is 1. The van der Waals surface area contributed by atoms with Crippen LogP contribution in [0.5, 0.6) is 0 Å². The van der Waals surface area contributed by atoms with Crippen LogP contribution in [0.1, 0.15) is 19.1 Å². The van der Waals surface area contributed by atoms with E-state index in [1.807, 2.05) is 19.1 Å². The maximum absolute atomic E-state index is 13.4. The van der Waals surface area contributed by atoms with E-state index in [0.717, 1.165) is 18.6 Å². The summed E-state index contributed by atoms with van der Waals surface area (Å²) < 4.78 is 18.6. The highest BCUT2D eigenvalue weighted by atomic mass is 19.1. The number of anilines is 1. The average molecular weight is 276 g/mol. The molecule has 1 heterocycles. The molecule has 0 saturated heterocycles. The van der Waals surface area contributed by atoms with Crippen molar-refractivity contribution in [3.05, 3.63) is 54.2 Å². The second-order valence-electron chi connectivity index (χ2n) is 4.60. The number of rotatable bonds is 5. The van der Waals surface area contributed by atoms with Gasteiger partial charge in [0.15, 0.2) is 0 Å². The van der Waals surface area contributed by atoms with Crippen molar-refractivity contribution in [1.82, 2.24) is 5.32 Å².